The number of carbonyl (C=O) groups is 1. The Morgan fingerprint density at radius 3 is 2.62 bits per heavy atom. The summed E-state index contributed by atoms with van der Waals surface area (Å²) in [6.07, 6.45) is 6.59. The molecule has 0 N–H and O–H groups in total. The molecule has 1 amide bonds. The number of rotatable bonds is 4. The zero-order valence-corrected chi connectivity index (χ0v) is 16.8. The molecule has 29 heavy (non-hydrogen) atoms. The second-order valence-corrected chi connectivity index (χ2v) is 8.37. The summed E-state index contributed by atoms with van der Waals surface area (Å²) in [7, 11) is 0. The van der Waals surface area contributed by atoms with E-state index in [0.29, 0.717) is 6.54 Å². The summed E-state index contributed by atoms with van der Waals surface area (Å²) in [5.74, 6) is 0.269. The van der Waals surface area contributed by atoms with Gasteiger partial charge in [-0.15, -0.1) is 5.10 Å². The van der Waals surface area contributed by atoms with Crippen molar-refractivity contribution < 1.29 is 4.79 Å². The molecular weight excluding hydrogens is 364 g/mol. The molecule has 0 aromatic carbocycles. The Balaban J connectivity index is 1.16. The lowest BCUT2D eigenvalue weighted by molar-refractivity contribution is -0.135. The van der Waals surface area contributed by atoms with E-state index in [-0.39, 0.29) is 5.91 Å². The number of aromatic nitrogens is 3. The summed E-state index contributed by atoms with van der Waals surface area (Å²) in [5, 5.41) is 8.09. The maximum Gasteiger partial charge on any atom is 0.236 e. The molecule has 2 aliphatic heterocycles. The molecule has 1 saturated heterocycles. The van der Waals surface area contributed by atoms with Crippen LogP contribution in [-0.2, 0) is 17.8 Å². The average Bonchev–Trinajstić information content (AvgIpc) is 2.73. The van der Waals surface area contributed by atoms with Crippen LogP contribution in [0.25, 0.3) is 11.4 Å². The van der Waals surface area contributed by atoms with Crippen LogP contribution >= 0.6 is 0 Å². The first-order valence-electron chi connectivity index (χ1n) is 10.8. The summed E-state index contributed by atoms with van der Waals surface area (Å²) < 4.78 is 0. The van der Waals surface area contributed by atoms with Gasteiger partial charge in [0, 0.05) is 63.6 Å². The number of amides is 1. The van der Waals surface area contributed by atoms with Crippen molar-refractivity contribution in [2.24, 2.45) is 0 Å². The molecule has 1 saturated carbocycles. The van der Waals surface area contributed by atoms with Crippen LogP contribution in [-0.4, -0.2) is 81.1 Å². The highest BCUT2D eigenvalue weighted by Gasteiger charge is 2.30. The fourth-order valence-electron chi connectivity index (χ4n) is 4.57. The zero-order chi connectivity index (χ0) is 19.6. The molecule has 2 aromatic rings. The lowest BCUT2D eigenvalue weighted by Crippen LogP contribution is -2.55. The molecule has 2 aromatic heterocycles. The van der Waals surface area contributed by atoms with Crippen molar-refractivity contribution in [3.63, 3.8) is 0 Å². The van der Waals surface area contributed by atoms with E-state index in [1.165, 1.54) is 24.8 Å². The van der Waals surface area contributed by atoms with Gasteiger partial charge in [-0.3, -0.25) is 19.6 Å². The van der Waals surface area contributed by atoms with Gasteiger partial charge >= 0.3 is 0 Å². The minimum absolute atomic E-state index is 0.269. The molecule has 0 atom stereocenters. The first-order chi connectivity index (χ1) is 14.3. The molecule has 1 aliphatic carbocycles. The Bertz CT molecular complexity index is 861. The highest BCUT2D eigenvalue weighted by atomic mass is 16.2. The highest BCUT2D eigenvalue weighted by Crippen LogP contribution is 2.26. The number of hydrogen-bond acceptors (Lipinski definition) is 6. The molecule has 0 bridgehead atoms. The third-order valence-electron chi connectivity index (χ3n) is 6.58. The molecule has 0 spiro atoms. The Hall–Kier alpha value is -2.38. The Kier molecular flexibility index (Phi) is 5.24. The number of fused-ring (bicyclic) bond motifs is 1. The third kappa shape index (κ3) is 4.02. The van der Waals surface area contributed by atoms with Crippen molar-refractivity contribution in [1.29, 1.82) is 0 Å². The minimum atomic E-state index is 0.269. The molecule has 152 valence electrons. The molecule has 3 aliphatic rings. The third-order valence-corrected chi connectivity index (χ3v) is 6.58. The quantitative estimate of drug-likeness (QED) is 0.787. The molecule has 0 radical (unpaired) electrons. The molecule has 7 nitrogen and oxygen atoms in total. The predicted molar refractivity (Wildman–Crippen MR) is 110 cm³/mol. The lowest BCUT2D eigenvalue weighted by atomic mass is 9.91. The molecular formula is C22H28N6O. The summed E-state index contributed by atoms with van der Waals surface area (Å²) >= 11 is 0. The first-order valence-corrected chi connectivity index (χ1v) is 10.8. The zero-order valence-electron chi connectivity index (χ0n) is 16.8. The predicted octanol–water partition coefficient (Wildman–Crippen LogP) is 1.59. The van der Waals surface area contributed by atoms with E-state index >= 15 is 0 Å². The van der Waals surface area contributed by atoms with Crippen LogP contribution in [0.5, 0.6) is 0 Å². The molecule has 5 rings (SSSR count). The van der Waals surface area contributed by atoms with Crippen LogP contribution in [0.4, 0.5) is 0 Å². The minimum Gasteiger partial charge on any atom is -0.339 e. The van der Waals surface area contributed by atoms with Crippen molar-refractivity contribution in [1.82, 2.24) is 29.9 Å². The van der Waals surface area contributed by atoms with Crippen molar-refractivity contribution >= 4 is 5.91 Å². The van der Waals surface area contributed by atoms with Gasteiger partial charge in [0.25, 0.3) is 0 Å². The van der Waals surface area contributed by atoms with Crippen LogP contribution < -0.4 is 0 Å². The number of pyridine rings is 1. The number of nitrogens with zero attached hydrogens (tertiary/aromatic N) is 6. The van der Waals surface area contributed by atoms with Gasteiger partial charge in [-0.05, 0) is 36.6 Å². The van der Waals surface area contributed by atoms with Crippen LogP contribution in [0.1, 0.15) is 30.5 Å². The van der Waals surface area contributed by atoms with Gasteiger partial charge in [-0.2, -0.15) is 5.10 Å². The normalized spacial score (nSPS) is 20.9. The molecule has 4 heterocycles. The maximum atomic E-state index is 12.8. The van der Waals surface area contributed by atoms with E-state index in [4.69, 9.17) is 4.98 Å². The summed E-state index contributed by atoms with van der Waals surface area (Å²) in [6.45, 7) is 6.00. The second kappa shape index (κ2) is 8.16. The summed E-state index contributed by atoms with van der Waals surface area (Å²) in [4.78, 5) is 24.5. The van der Waals surface area contributed by atoms with E-state index in [1.54, 1.807) is 6.20 Å². The SMILES string of the molecule is O=C(CN1CCc2nc(-c3cccnn3)ccc2C1)N1CCN(C2CCC2)CC1. The average molecular weight is 393 g/mol. The van der Waals surface area contributed by atoms with E-state index in [0.717, 1.165) is 68.8 Å². The van der Waals surface area contributed by atoms with Crippen LogP contribution in [0, 0.1) is 0 Å². The maximum absolute atomic E-state index is 12.8. The van der Waals surface area contributed by atoms with Crippen molar-refractivity contribution in [3.05, 3.63) is 41.7 Å². The van der Waals surface area contributed by atoms with Gasteiger partial charge in [0.1, 0.15) is 5.69 Å². The Morgan fingerprint density at radius 2 is 1.90 bits per heavy atom. The van der Waals surface area contributed by atoms with Gasteiger partial charge in [0.05, 0.1) is 12.2 Å². The fourth-order valence-corrected chi connectivity index (χ4v) is 4.57. The van der Waals surface area contributed by atoms with Gasteiger partial charge < -0.3 is 4.90 Å². The number of hydrogen-bond donors (Lipinski definition) is 0. The Labute approximate surface area is 171 Å². The van der Waals surface area contributed by atoms with Gasteiger partial charge in [0.2, 0.25) is 5.91 Å². The van der Waals surface area contributed by atoms with Crippen molar-refractivity contribution in [2.75, 3.05) is 39.3 Å². The molecule has 7 heteroatoms. The first kappa shape index (κ1) is 18.6. The largest absolute Gasteiger partial charge is 0.339 e. The van der Waals surface area contributed by atoms with Crippen molar-refractivity contribution in [2.45, 2.75) is 38.3 Å². The lowest BCUT2D eigenvalue weighted by Gasteiger charge is -2.43. The Morgan fingerprint density at radius 1 is 1.03 bits per heavy atom. The smallest absolute Gasteiger partial charge is 0.236 e. The monoisotopic (exact) mass is 392 g/mol. The molecule has 0 unspecified atom stereocenters. The highest BCUT2D eigenvalue weighted by molar-refractivity contribution is 5.78. The topological polar surface area (TPSA) is 65.5 Å². The van der Waals surface area contributed by atoms with E-state index in [2.05, 4.69) is 31.0 Å². The van der Waals surface area contributed by atoms with Crippen molar-refractivity contribution in [3.8, 4) is 11.4 Å². The van der Waals surface area contributed by atoms with Gasteiger partial charge in [0.15, 0.2) is 0 Å². The fraction of sp³-hybridized carbons (Fsp3) is 0.545. The van der Waals surface area contributed by atoms with Crippen LogP contribution in [0.2, 0.25) is 0 Å². The second-order valence-electron chi connectivity index (χ2n) is 8.37. The van der Waals surface area contributed by atoms with Crippen LogP contribution in [0.15, 0.2) is 30.5 Å². The number of piperazine rings is 1. The standard InChI is InChI=1S/C22H28N6O/c29-22(28-13-11-27(12-14-28)18-3-1-4-18)16-26-10-8-19-17(15-26)6-7-20(24-19)21-5-2-9-23-25-21/h2,5-7,9,18H,1,3-4,8,10-16H2. The van der Waals surface area contributed by atoms with Crippen LogP contribution in [0.3, 0.4) is 0 Å². The van der Waals surface area contributed by atoms with Gasteiger partial charge in [-0.1, -0.05) is 12.5 Å². The van der Waals surface area contributed by atoms with Gasteiger partial charge in [-0.25, -0.2) is 0 Å². The van der Waals surface area contributed by atoms with E-state index in [9.17, 15) is 4.79 Å². The van der Waals surface area contributed by atoms with E-state index in [1.807, 2.05) is 18.2 Å². The molecule has 2 fully saturated rings. The van der Waals surface area contributed by atoms with E-state index < -0.39 is 0 Å². The number of carbonyl (C=O) groups excluding carboxylic acids is 1. The summed E-state index contributed by atoms with van der Waals surface area (Å²) in [6, 6.07) is 8.72. The summed E-state index contributed by atoms with van der Waals surface area (Å²) in [5.41, 5.74) is 4.00.